The highest BCUT2D eigenvalue weighted by Gasteiger charge is 2.43. The summed E-state index contributed by atoms with van der Waals surface area (Å²) in [6.45, 7) is 2.40. The number of benzene rings is 1. The van der Waals surface area contributed by atoms with Gasteiger partial charge in [-0.1, -0.05) is 12.1 Å². The van der Waals surface area contributed by atoms with E-state index in [0.29, 0.717) is 5.56 Å². The van der Waals surface area contributed by atoms with Crippen molar-refractivity contribution in [2.45, 2.75) is 32.4 Å². The number of amides is 3. The Balaban J connectivity index is 2.15. The minimum atomic E-state index is -1.30. The van der Waals surface area contributed by atoms with E-state index in [-0.39, 0.29) is 19.5 Å². The summed E-state index contributed by atoms with van der Waals surface area (Å²) < 4.78 is 13.0. The SMILES string of the molecule is CN(Cc1ccc(F)cc1)C(=O)CN1C(=O)C(C(=O)NCC(=O)O)=C(O)CC1(C)C. The molecule has 0 aromatic heterocycles. The molecule has 0 radical (unpaired) electrons. The van der Waals surface area contributed by atoms with Crippen molar-refractivity contribution >= 4 is 23.7 Å². The summed E-state index contributed by atoms with van der Waals surface area (Å²) in [4.78, 5) is 51.0. The van der Waals surface area contributed by atoms with E-state index in [9.17, 15) is 28.7 Å². The largest absolute Gasteiger partial charge is 0.511 e. The predicted molar refractivity (Wildman–Crippen MR) is 104 cm³/mol. The first-order valence-electron chi connectivity index (χ1n) is 9.15. The minimum Gasteiger partial charge on any atom is -0.511 e. The Morgan fingerprint density at radius 2 is 1.83 bits per heavy atom. The van der Waals surface area contributed by atoms with Crippen molar-refractivity contribution in [3.8, 4) is 0 Å². The minimum absolute atomic E-state index is 0.0798. The molecule has 0 atom stereocenters. The van der Waals surface area contributed by atoms with Crippen molar-refractivity contribution in [3.05, 3.63) is 47.0 Å². The number of hydrogen-bond acceptors (Lipinski definition) is 5. The lowest BCUT2D eigenvalue weighted by molar-refractivity contribution is -0.145. The summed E-state index contributed by atoms with van der Waals surface area (Å²) in [6, 6.07) is 5.64. The average molecular weight is 421 g/mol. The molecule has 1 heterocycles. The number of likely N-dealkylation sites (N-methyl/N-ethyl adjacent to an activating group) is 1. The maximum absolute atomic E-state index is 13.0. The molecule has 0 unspecified atom stereocenters. The van der Waals surface area contributed by atoms with Gasteiger partial charge in [-0.3, -0.25) is 19.2 Å². The third-order valence-corrected chi connectivity index (χ3v) is 4.76. The van der Waals surface area contributed by atoms with Gasteiger partial charge in [-0.05, 0) is 31.5 Å². The van der Waals surface area contributed by atoms with Crippen LogP contribution >= 0.6 is 0 Å². The van der Waals surface area contributed by atoms with E-state index >= 15 is 0 Å². The van der Waals surface area contributed by atoms with Crippen LogP contribution in [0.25, 0.3) is 0 Å². The molecule has 0 spiro atoms. The van der Waals surface area contributed by atoms with E-state index in [0.717, 1.165) is 0 Å². The van der Waals surface area contributed by atoms with Crippen molar-refractivity contribution in [2.24, 2.45) is 0 Å². The van der Waals surface area contributed by atoms with Crippen LogP contribution in [-0.2, 0) is 25.7 Å². The van der Waals surface area contributed by atoms with Gasteiger partial charge in [0.1, 0.15) is 30.2 Å². The summed E-state index contributed by atoms with van der Waals surface area (Å²) in [5.41, 5.74) is -0.836. The zero-order valence-electron chi connectivity index (χ0n) is 16.9. The number of carbonyl (C=O) groups excluding carboxylic acids is 3. The summed E-state index contributed by atoms with van der Waals surface area (Å²) >= 11 is 0. The highest BCUT2D eigenvalue weighted by atomic mass is 19.1. The quantitative estimate of drug-likeness (QED) is 0.559. The fourth-order valence-electron chi connectivity index (χ4n) is 3.09. The Kier molecular flexibility index (Phi) is 6.81. The number of nitrogens with zero attached hydrogens (tertiary/aromatic N) is 2. The molecule has 0 bridgehead atoms. The van der Waals surface area contributed by atoms with Gasteiger partial charge >= 0.3 is 5.97 Å². The molecule has 1 aromatic carbocycles. The number of nitrogens with one attached hydrogen (secondary N) is 1. The van der Waals surface area contributed by atoms with Crippen molar-refractivity contribution in [1.82, 2.24) is 15.1 Å². The zero-order valence-corrected chi connectivity index (χ0v) is 16.9. The van der Waals surface area contributed by atoms with Gasteiger partial charge in [0.2, 0.25) is 5.91 Å². The first kappa shape index (κ1) is 22.9. The molecule has 2 rings (SSSR count). The van der Waals surface area contributed by atoms with Crippen LogP contribution in [0.3, 0.4) is 0 Å². The Morgan fingerprint density at radius 1 is 1.23 bits per heavy atom. The Hall–Kier alpha value is -3.43. The van der Waals surface area contributed by atoms with Crippen LogP contribution in [-0.4, -0.2) is 69.4 Å². The van der Waals surface area contributed by atoms with Gasteiger partial charge in [-0.25, -0.2) is 4.39 Å². The fourth-order valence-corrected chi connectivity index (χ4v) is 3.09. The van der Waals surface area contributed by atoms with Crippen molar-refractivity contribution < 1.29 is 33.8 Å². The van der Waals surface area contributed by atoms with Gasteiger partial charge in [-0.15, -0.1) is 0 Å². The predicted octanol–water partition coefficient (Wildman–Crippen LogP) is 0.808. The lowest BCUT2D eigenvalue weighted by Crippen LogP contribution is -2.56. The molecule has 0 fully saturated rings. The van der Waals surface area contributed by atoms with E-state index in [1.165, 1.54) is 29.0 Å². The van der Waals surface area contributed by atoms with Gasteiger partial charge in [0.15, 0.2) is 0 Å². The second-order valence-corrected chi connectivity index (χ2v) is 7.65. The number of aliphatic carboxylic acids is 1. The van der Waals surface area contributed by atoms with Crippen molar-refractivity contribution in [3.63, 3.8) is 0 Å². The molecular weight excluding hydrogens is 397 g/mol. The van der Waals surface area contributed by atoms with E-state index in [2.05, 4.69) is 0 Å². The molecule has 3 N–H and O–H groups in total. The molecule has 1 aliphatic rings. The normalized spacial score (nSPS) is 15.7. The molecule has 30 heavy (non-hydrogen) atoms. The Labute approximate surface area is 172 Å². The second-order valence-electron chi connectivity index (χ2n) is 7.65. The number of halogens is 1. The van der Waals surface area contributed by atoms with Gasteiger partial charge in [0, 0.05) is 25.6 Å². The summed E-state index contributed by atoms with van der Waals surface area (Å²) in [5.74, 6) is -4.47. The number of carboxylic acids is 1. The van der Waals surface area contributed by atoms with Gasteiger partial charge in [-0.2, -0.15) is 0 Å². The van der Waals surface area contributed by atoms with Crippen LogP contribution in [0.4, 0.5) is 4.39 Å². The number of aliphatic hydroxyl groups is 1. The summed E-state index contributed by atoms with van der Waals surface area (Å²) in [7, 11) is 1.53. The van der Waals surface area contributed by atoms with Crippen molar-refractivity contribution in [2.75, 3.05) is 20.1 Å². The maximum atomic E-state index is 13.0. The number of aliphatic hydroxyl groups excluding tert-OH is 1. The van der Waals surface area contributed by atoms with Crippen molar-refractivity contribution in [1.29, 1.82) is 0 Å². The zero-order chi connectivity index (χ0) is 22.6. The lowest BCUT2D eigenvalue weighted by Gasteiger charge is -2.42. The molecule has 0 saturated heterocycles. The molecule has 162 valence electrons. The van der Waals surface area contributed by atoms with E-state index < -0.39 is 52.9 Å². The van der Waals surface area contributed by atoms with E-state index in [1.54, 1.807) is 26.0 Å². The molecule has 0 saturated carbocycles. The summed E-state index contributed by atoms with van der Waals surface area (Å²) in [6.07, 6.45) is -0.0798. The highest BCUT2D eigenvalue weighted by Crippen LogP contribution is 2.31. The number of rotatable bonds is 7. The van der Waals surface area contributed by atoms with Crippen LogP contribution in [0.15, 0.2) is 35.6 Å². The standard InChI is InChI=1S/C20H24FN3O6/c1-20(2)8-14(25)17(18(29)22-9-16(27)28)19(30)24(20)11-15(26)23(3)10-12-4-6-13(21)7-5-12/h4-7,25H,8-11H2,1-3H3,(H,22,29)(H,27,28). The Bertz CT molecular complexity index is 894. The van der Waals surface area contributed by atoms with E-state index in [4.69, 9.17) is 5.11 Å². The highest BCUT2D eigenvalue weighted by molar-refractivity contribution is 6.20. The van der Waals surface area contributed by atoms with Crippen LogP contribution < -0.4 is 5.32 Å². The molecule has 9 nitrogen and oxygen atoms in total. The first-order chi connectivity index (χ1) is 13.9. The van der Waals surface area contributed by atoms with Gasteiger partial charge in [0.25, 0.3) is 11.8 Å². The molecule has 0 aliphatic carbocycles. The fraction of sp³-hybridized carbons (Fsp3) is 0.400. The molecular formula is C20H24FN3O6. The third-order valence-electron chi connectivity index (χ3n) is 4.76. The van der Waals surface area contributed by atoms with E-state index in [1.807, 2.05) is 5.32 Å². The third kappa shape index (κ3) is 5.34. The monoisotopic (exact) mass is 421 g/mol. The molecule has 10 heteroatoms. The smallest absolute Gasteiger partial charge is 0.322 e. The molecule has 1 aliphatic heterocycles. The molecule has 1 aromatic rings. The summed E-state index contributed by atoms with van der Waals surface area (Å²) in [5, 5.41) is 20.9. The number of hydrogen-bond donors (Lipinski definition) is 3. The molecule has 3 amide bonds. The topological polar surface area (TPSA) is 127 Å². The Morgan fingerprint density at radius 3 is 2.40 bits per heavy atom. The number of carboxylic acid groups (broad SMARTS) is 1. The van der Waals surface area contributed by atoms with Crippen LogP contribution in [0.2, 0.25) is 0 Å². The lowest BCUT2D eigenvalue weighted by atomic mass is 9.89. The van der Waals surface area contributed by atoms with Crippen LogP contribution in [0, 0.1) is 5.82 Å². The average Bonchev–Trinajstić information content (AvgIpc) is 2.64. The van der Waals surface area contributed by atoms with Crippen LogP contribution in [0.1, 0.15) is 25.8 Å². The first-order valence-corrected chi connectivity index (χ1v) is 9.15. The van der Waals surface area contributed by atoms with Gasteiger partial charge < -0.3 is 25.3 Å². The maximum Gasteiger partial charge on any atom is 0.322 e. The number of carbonyl (C=O) groups is 4. The second kappa shape index (κ2) is 8.93. The van der Waals surface area contributed by atoms with Crippen LogP contribution in [0.5, 0.6) is 0 Å². The van der Waals surface area contributed by atoms with Gasteiger partial charge in [0.05, 0.1) is 0 Å².